The highest BCUT2D eigenvalue weighted by Gasteiger charge is 2.09. The van der Waals surface area contributed by atoms with Crippen LogP contribution >= 0.6 is 0 Å². The molecule has 0 N–H and O–H groups in total. The molecule has 0 unspecified atom stereocenters. The topological polar surface area (TPSA) is 64.6 Å². The molecule has 0 radical (unpaired) electrons. The lowest BCUT2D eigenvalue weighted by molar-refractivity contribution is -0.146. The minimum atomic E-state index is -0.0396. The van der Waals surface area contributed by atoms with Gasteiger partial charge in [-0.1, -0.05) is 53.4 Å². The fourth-order valence-electron chi connectivity index (χ4n) is 3.43. The highest BCUT2D eigenvalue weighted by Crippen LogP contribution is 2.12. The molecule has 0 heterocycles. The first-order chi connectivity index (χ1) is 17.3. The van der Waals surface area contributed by atoms with Gasteiger partial charge in [0.2, 0.25) is 0 Å². The van der Waals surface area contributed by atoms with Gasteiger partial charge in [-0.3, -0.25) is 0 Å². The van der Waals surface area contributed by atoms with Crippen molar-refractivity contribution < 1.29 is 33.2 Å². The Morgan fingerprint density at radius 1 is 0.371 bits per heavy atom. The Morgan fingerprint density at radius 2 is 0.714 bits per heavy atom. The zero-order valence-corrected chi connectivity index (χ0v) is 23.6. The molecular weight excluding hydrogens is 448 g/mol. The lowest BCUT2D eigenvalue weighted by Gasteiger charge is -2.18. The lowest BCUT2D eigenvalue weighted by atomic mass is 10.1. The van der Waals surface area contributed by atoms with Gasteiger partial charge in [-0.2, -0.15) is 0 Å². The Balaban J connectivity index is 3.37. The van der Waals surface area contributed by atoms with Crippen LogP contribution in [-0.2, 0) is 33.2 Å². The van der Waals surface area contributed by atoms with Crippen molar-refractivity contribution in [3.05, 3.63) is 0 Å². The van der Waals surface area contributed by atoms with E-state index < -0.39 is 0 Å². The maximum absolute atomic E-state index is 5.77. The SMILES string of the molecule is CCCOC(CCCCCCOCOCOCCCCCCC(OCCC)OCCC)OCCC. The molecule has 0 amide bonds. The van der Waals surface area contributed by atoms with Crippen LogP contribution in [0.2, 0.25) is 0 Å². The number of rotatable bonds is 30. The van der Waals surface area contributed by atoms with Gasteiger partial charge in [0.15, 0.2) is 12.6 Å². The van der Waals surface area contributed by atoms with E-state index >= 15 is 0 Å². The third kappa shape index (κ3) is 26.6. The van der Waals surface area contributed by atoms with Crippen LogP contribution in [0.3, 0.4) is 0 Å². The van der Waals surface area contributed by atoms with Crippen LogP contribution in [0.4, 0.5) is 0 Å². The molecule has 7 nitrogen and oxygen atoms in total. The van der Waals surface area contributed by atoms with Gasteiger partial charge >= 0.3 is 0 Å². The van der Waals surface area contributed by atoms with Gasteiger partial charge in [0.25, 0.3) is 0 Å². The molecular formula is C28H58O7. The van der Waals surface area contributed by atoms with Crippen molar-refractivity contribution >= 4 is 0 Å². The monoisotopic (exact) mass is 506 g/mol. The molecule has 0 atom stereocenters. The van der Waals surface area contributed by atoms with Crippen LogP contribution in [0.25, 0.3) is 0 Å². The summed E-state index contributed by atoms with van der Waals surface area (Å²) in [6, 6.07) is 0. The van der Waals surface area contributed by atoms with Crippen molar-refractivity contribution in [2.45, 2.75) is 130 Å². The highest BCUT2D eigenvalue weighted by molar-refractivity contribution is 4.51. The first-order valence-corrected chi connectivity index (χ1v) is 14.5. The number of unbranched alkanes of at least 4 members (excludes halogenated alkanes) is 6. The fraction of sp³-hybridized carbons (Fsp3) is 1.00. The summed E-state index contributed by atoms with van der Waals surface area (Å²) >= 11 is 0. The molecule has 0 saturated carbocycles. The molecule has 0 saturated heterocycles. The van der Waals surface area contributed by atoms with Crippen LogP contribution in [0.1, 0.15) is 118 Å². The second-order valence-corrected chi connectivity index (χ2v) is 9.00. The Hall–Kier alpha value is -0.280. The van der Waals surface area contributed by atoms with Gasteiger partial charge in [-0.05, 0) is 64.2 Å². The van der Waals surface area contributed by atoms with Crippen LogP contribution in [-0.4, -0.2) is 65.8 Å². The minimum Gasteiger partial charge on any atom is -0.355 e. The van der Waals surface area contributed by atoms with E-state index in [1.54, 1.807) is 0 Å². The molecule has 0 aromatic rings. The van der Waals surface area contributed by atoms with E-state index in [4.69, 9.17) is 33.2 Å². The number of hydrogen-bond donors (Lipinski definition) is 0. The van der Waals surface area contributed by atoms with Crippen LogP contribution < -0.4 is 0 Å². The Bertz CT molecular complexity index is 334. The van der Waals surface area contributed by atoms with Crippen molar-refractivity contribution in [3.63, 3.8) is 0 Å². The summed E-state index contributed by atoms with van der Waals surface area (Å²) in [5.74, 6) is 0. The zero-order valence-electron chi connectivity index (χ0n) is 23.6. The summed E-state index contributed by atoms with van der Waals surface area (Å²) in [6.07, 6.45) is 15.0. The molecule has 35 heavy (non-hydrogen) atoms. The minimum absolute atomic E-state index is 0.0396. The molecule has 0 aliphatic carbocycles. The Labute approximate surface area is 216 Å². The zero-order chi connectivity index (χ0) is 25.7. The molecule has 212 valence electrons. The molecule has 0 aromatic heterocycles. The van der Waals surface area contributed by atoms with Crippen molar-refractivity contribution in [1.82, 2.24) is 0 Å². The van der Waals surface area contributed by atoms with Gasteiger partial charge in [0, 0.05) is 39.6 Å². The third-order valence-corrected chi connectivity index (χ3v) is 5.32. The van der Waals surface area contributed by atoms with Gasteiger partial charge in [0.05, 0.1) is 0 Å². The van der Waals surface area contributed by atoms with Gasteiger partial charge < -0.3 is 33.2 Å². The average molecular weight is 507 g/mol. The largest absolute Gasteiger partial charge is 0.355 e. The molecule has 0 fully saturated rings. The second-order valence-electron chi connectivity index (χ2n) is 9.00. The summed E-state index contributed by atoms with van der Waals surface area (Å²) in [4.78, 5) is 0. The average Bonchev–Trinajstić information content (AvgIpc) is 2.87. The highest BCUT2D eigenvalue weighted by atomic mass is 16.7. The Kier molecular flexibility index (Phi) is 29.7. The first-order valence-electron chi connectivity index (χ1n) is 14.5. The third-order valence-electron chi connectivity index (χ3n) is 5.32. The summed E-state index contributed by atoms with van der Waals surface area (Å²) in [5, 5.41) is 0. The molecule has 0 aromatic carbocycles. The van der Waals surface area contributed by atoms with E-state index in [0.717, 1.165) is 117 Å². The van der Waals surface area contributed by atoms with Crippen LogP contribution in [0, 0.1) is 0 Å². The van der Waals surface area contributed by atoms with Crippen molar-refractivity contribution in [2.75, 3.05) is 53.2 Å². The fourth-order valence-corrected chi connectivity index (χ4v) is 3.43. The van der Waals surface area contributed by atoms with Crippen molar-refractivity contribution in [2.24, 2.45) is 0 Å². The first kappa shape index (κ1) is 34.7. The summed E-state index contributed by atoms with van der Waals surface area (Å²) < 4.78 is 39.5. The summed E-state index contributed by atoms with van der Waals surface area (Å²) in [7, 11) is 0. The van der Waals surface area contributed by atoms with Crippen molar-refractivity contribution in [3.8, 4) is 0 Å². The van der Waals surface area contributed by atoms with Crippen LogP contribution in [0.15, 0.2) is 0 Å². The summed E-state index contributed by atoms with van der Waals surface area (Å²) in [6.45, 7) is 13.7. The molecule has 0 bridgehead atoms. The molecule has 0 spiro atoms. The maximum Gasteiger partial charge on any atom is 0.157 e. The molecule has 0 rings (SSSR count). The van der Waals surface area contributed by atoms with E-state index in [2.05, 4.69) is 27.7 Å². The van der Waals surface area contributed by atoms with Gasteiger partial charge in [-0.15, -0.1) is 0 Å². The standard InChI is InChI=1S/C28H58O7/c1-5-19-32-27(33-20-6-2)17-13-9-11-15-23-29-25-31-26-30-24-16-12-10-14-18-28(34-21-7-3)35-22-8-4/h27-28H,5-26H2,1-4H3. The normalized spacial score (nSPS) is 11.8. The predicted molar refractivity (Wildman–Crippen MR) is 141 cm³/mol. The maximum atomic E-state index is 5.77. The van der Waals surface area contributed by atoms with E-state index in [0.29, 0.717) is 13.6 Å². The van der Waals surface area contributed by atoms with Gasteiger partial charge in [0.1, 0.15) is 13.6 Å². The molecule has 7 heteroatoms. The summed E-state index contributed by atoms with van der Waals surface area (Å²) in [5.41, 5.74) is 0. The van der Waals surface area contributed by atoms with E-state index in [-0.39, 0.29) is 12.6 Å². The van der Waals surface area contributed by atoms with Gasteiger partial charge in [-0.25, -0.2) is 0 Å². The van der Waals surface area contributed by atoms with Crippen molar-refractivity contribution in [1.29, 1.82) is 0 Å². The number of ether oxygens (including phenoxy) is 7. The molecule has 0 aliphatic rings. The van der Waals surface area contributed by atoms with Crippen LogP contribution in [0.5, 0.6) is 0 Å². The quantitative estimate of drug-likeness (QED) is 0.0753. The lowest BCUT2D eigenvalue weighted by Crippen LogP contribution is -2.18. The predicted octanol–water partition coefficient (Wildman–Crippen LogP) is 7.21. The van der Waals surface area contributed by atoms with E-state index in [1.165, 1.54) is 12.8 Å². The van der Waals surface area contributed by atoms with E-state index in [9.17, 15) is 0 Å². The second kappa shape index (κ2) is 29.9. The smallest absolute Gasteiger partial charge is 0.157 e. The molecule has 0 aliphatic heterocycles. The van der Waals surface area contributed by atoms with E-state index in [1.807, 2.05) is 0 Å². The Morgan fingerprint density at radius 3 is 1.06 bits per heavy atom. The number of hydrogen-bond acceptors (Lipinski definition) is 7.